The highest BCUT2D eigenvalue weighted by Gasteiger charge is 2.14. The van der Waals surface area contributed by atoms with E-state index < -0.39 is 18.2 Å². The van der Waals surface area contributed by atoms with E-state index in [-0.39, 0.29) is 16.8 Å². The highest BCUT2D eigenvalue weighted by atomic mass is 19.1. The molecule has 3 N–H and O–H groups in total. The van der Waals surface area contributed by atoms with Crippen LogP contribution in [0.25, 0.3) is 0 Å². The Hall–Kier alpha value is -2.09. The first kappa shape index (κ1) is 9.99. The maximum Gasteiger partial charge on any atom is 0.307 e. The molecule has 0 aromatic heterocycles. The third-order valence-electron chi connectivity index (χ3n) is 1.73. The van der Waals surface area contributed by atoms with Crippen LogP contribution in [-0.2, 0) is 11.2 Å². The van der Waals surface area contributed by atoms with Gasteiger partial charge in [-0.25, -0.2) is 4.39 Å². The predicted molar refractivity (Wildman–Crippen MR) is 46.9 cm³/mol. The van der Waals surface area contributed by atoms with E-state index >= 15 is 0 Å². The number of anilines is 1. The predicted octanol–water partition coefficient (Wildman–Crippen LogP) is 0.907. The molecule has 4 nitrogen and oxygen atoms in total. The fourth-order valence-corrected chi connectivity index (χ4v) is 1.10. The van der Waals surface area contributed by atoms with Gasteiger partial charge in [-0.2, -0.15) is 5.26 Å². The molecule has 0 bridgehead atoms. The number of nitriles is 1. The summed E-state index contributed by atoms with van der Waals surface area (Å²) < 4.78 is 13.1. The molecule has 5 heteroatoms. The lowest BCUT2D eigenvalue weighted by molar-refractivity contribution is -0.136. The number of halogens is 1. The molecule has 0 aliphatic rings. The van der Waals surface area contributed by atoms with E-state index in [0.29, 0.717) is 0 Å². The summed E-state index contributed by atoms with van der Waals surface area (Å²) in [4.78, 5) is 10.4. The Labute approximate surface area is 79.4 Å². The van der Waals surface area contributed by atoms with Gasteiger partial charge in [-0.3, -0.25) is 4.79 Å². The smallest absolute Gasteiger partial charge is 0.307 e. The number of hydrogen-bond acceptors (Lipinski definition) is 3. The molecule has 0 unspecified atom stereocenters. The van der Waals surface area contributed by atoms with Crippen molar-refractivity contribution in [1.29, 1.82) is 5.26 Å². The maximum atomic E-state index is 13.1. The fourth-order valence-electron chi connectivity index (χ4n) is 1.10. The number of aliphatic carboxylic acids is 1. The highest BCUT2D eigenvalue weighted by molar-refractivity contribution is 5.73. The summed E-state index contributed by atoms with van der Waals surface area (Å²) in [5.41, 5.74) is 5.21. The number of carbonyl (C=O) groups is 1. The Balaban J connectivity index is 3.31. The molecular weight excluding hydrogens is 187 g/mol. The van der Waals surface area contributed by atoms with E-state index in [2.05, 4.69) is 0 Å². The van der Waals surface area contributed by atoms with Crippen molar-refractivity contribution in [1.82, 2.24) is 0 Å². The third-order valence-corrected chi connectivity index (χ3v) is 1.73. The fraction of sp³-hybridized carbons (Fsp3) is 0.111. The summed E-state index contributed by atoms with van der Waals surface area (Å²) in [5, 5.41) is 17.1. The van der Waals surface area contributed by atoms with Crippen LogP contribution in [0.2, 0.25) is 0 Å². The average molecular weight is 194 g/mol. The number of benzene rings is 1. The topological polar surface area (TPSA) is 87.1 Å². The minimum absolute atomic E-state index is 0.0881. The number of hydrogen-bond donors (Lipinski definition) is 2. The quantitative estimate of drug-likeness (QED) is 0.685. The lowest BCUT2D eigenvalue weighted by Gasteiger charge is -2.04. The van der Waals surface area contributed by atoms with Gasteiger partial charge in [0, 0.05) is 11.3 Å². The van der Waals surface area contributed by atoms with E-state index in [9.17, 15) is 9.18 Å². The molecule has 1 rings (SSSR count). The van der Waals surface area contributed by atoms with E-state index in [1.807, 2.05) is 0 Å². The second-order valence-electron chi connectivity index (χ2n) is 2.67. The molecule has 0 saturated heterocycles. The van der Waals surface area contributed by atoms with Gasteiger partial charge in [-0.05, 0) is 12.1 Å². The lowest BCUT2D eigenvalue weighted by Crippen LogP contribution is -2.07. The summed E-state index contributed by atoms with van der Waals surface area (Å²) in [7, 11) is 0. The van der Waals surface area contributed by atoms with Crippen LogP contribution in [0.4, 0.5) is 10.1 Å². The van der Waals surface area contributed by atoms with Crippen molar-refractivity contribution in [2.45, 2.75) is 6.42 Å². The molecule has 0 amide bonds. The van der Waals surface area contributed by atoms with Gasteiger partial charge in [0.05, 0.1) is 12.0 Å². The van der Waals surface area contributed by atoms with Gasteiger partial charge in [-0.1, -0.05) is 0 Å². The third kappa shape index (κ3) is 1.80. The number of nitrogens with zero attached hydrogens (tertiary/aromatic N) is 1. The summed E-state index contributed by atoms with van der Waals surface area (Å²) in [6.45, 7) is 0. The molecule has 0 aliphatic carbocycles. The van der Waals surface area contributed by atoms with Crippen molar-refractivity contribution in [3.63, 3.8) is 0 Å². The van der Waals surface area contributed by atoms with Gasteiger partial charge in [0.1, 0.15) is 11.9 Å². The van der Waals surface area contributed by atoms with Crippen LogP contribution in [0.15, 0.2) is 12.1 Å². The molecule has 0 heterocycles. The Kier molecular flexibility index (Phi) is 2.67. The minimum Gasteiger partial charge on any atom is -0.481 e. The number of nitrogens with two attached hydrogens (primary N) is 1. The zero-order valence-corrected chi connectivity index (χ0v) is 7.12. The zero-order valence-electron chi connectivity index (χ0n) is 7.12. The van der Waals surface area contributed by atoms with Crippen molar-refractivity contribution in [2.75, 3.05) is 5.73 Å². The molecule has 0 atom stereocenters. The minimum atomic E-state index is -1.20. The van der Waals surface area contributed by atoms with Crippen molar-refractivity contribution in [3.8, 4) is 6.07 Å². The van der Waals surface area contributed by atoms with Crippen LogP contribution >= 0.6 is 0 Å². The summed E-state index contributed by atoms with van der Waals surface area (Å²) in [5.74, 6) is -1.93. The largest absolute Gasteiger partial charge is 0.481 e. The monoisotopic (exact) mass is 194 g/mol. The number of nitrogen functional groups attached to an aromatic ring is 1. The first-order valence-electron chi connectivity index (χ1n) is 3.75. The maximum absolute atomic E-state index is 13.1. The molecule has 1 aromatic carbocycles. The number of carboxylic acids is 1. The lowest BCUT2D eigenvalue weighted by atomic mass is 10.0. The SMILES string of the molecule is N#Cc1c(N)ccc(F)c1CC(=O)O. The van der Waals surface area contributed by atoms with Gasteiger partial charge in [0.2, 0.25) is 0 Å². The van der Waals surface area contributed by atoms with Crippen molar-refractivity contribution in [2.24, 2.45) is 0 Å². The molecule has 0 radical (unpaired) electrons. The van der Waals surface area contributed by atoms with E-state index in [1.165, 1.54) is 6.07 Å². The van der Waals surface area contributed by atoms with Crippen LogP contribution < -0.4 is 5.73 Å². The van der Waals surface area contributed by atoms with Gasteiger partial charge in [0.15, 0.2) is 0 Å². The number of carboxylic acid groups (broad SMARTS) is 1. The van der Waals surface area contributed by atoms with E-state index in [0.717, 1.165) is 6.07 Å². The van der Waals surface area contributed by atoms with Crippen LogP contribution in [0.3, 0.4) is 0 Å². The number of rotatable bonds is 2. The standard InChI is InChI=1S/C9H7FN2O2/c10-7-1-2-8(12)6(4-11)5(7)3-9(13)14/h1-2H,3,12H2,(H,13,14). The molecule has 0 saturated carbocycles. The highest BCUT2D eigenvalue weighted by Crippen LogP contribution is 2.19. The summed E-state index contributed by atoms with van der Waals surface area (Å²) in [6, 6.07) is 3.97. The Morgan fingerprint density at radius 3 is 2.79 bits per heavy atom. The molecule has 0 spiro atoms. The second kappa shape index (κ2) is 3.75. The normalized spacial score (nSPS) is 9.43. The summed E-state index contributed by atoms with van der Waals surface area (Å²) in [6.07, 6.45) is -0.542. The zero-order chi connectivity index (χ0) is 10.7. The Morgan fingerprint density at radius 2 is 2.29 bits per heavy atom. The molecule has 14 heavy (non-hydrogen) atoms. The molecule has 0 aliphatic heterocycles. The molecule has 1 aromatic rings. The van der Waals surface area contributed by atoms with Gasteiger partial charge in [-0.15, -0.1) is 0 Å². The molecule has 72 valence electrons. The van der Waals surface area contributed by atoms with E-state index in [1.54, 1.807) is 6.07 Å². The van der Waals surface area contributed by atoms with Crippen molar-refractivity contribution < 1.29 is 14.3 Å². The van der Waals surface area contributed by atoms with Gasteiger partial charge >= 0.3 is 5.97 Å². The van der Waals surface area contributed by atoms with Gasteiger partial charge < -0.3 is 10.8 Å². The second-order valence-corrected chi connectivity index (χ2v) is 2.67. The average Bonchev–Trinajstić information content (AvgIpc) is 2.11. The Bertz CT molecular complexity index is 424. The van der Waals surface area contributed by atoms with Crippen molar-refractivity contribution in [3.05, 3.63) is 29.1 Å². The first-order valence-corrected chi connectivity index (χ1v) is 3.75. The van der Waals surface area contributed by atoms with Crippen LogP contribution in [0.1, 0.15) is 11.1 Å². The Morgan fingerprint density at radius 1 is 1.64 bits per heavy atom. The molecular formula is C9H7FN2O2. The van der Waals surface area contributed by atoms with Crippen LogP contribution in [0.5, 0.6) is 0 Å². The molecule has 0 fully saturated rings. The van der Waals surface area contributed by atoms with Crippen molar-refractivity contribution >= 4 is 11.7 Å². The van der Waals surface area contributed by atoms with E-state index in [4.69, 9.17) is 16.1 Å². The van der Waals surface area contributed by atoms with Gasteiger partial charge in [0.25, 0.3) is 0 Å². The summed E-state index contributed by atoms with van der Waals surface area (Å²) >= 11 is 0. The van der Waals surface area contributed by atoms with Crippen LogP contribution in [0, 0.1) is 17.1 Å². The van der Waals surface area contributed by atoms with Crippen LogP contribution in [-0.4, -0.2) is 11.1 Å². The first-order chi connectivity index (χ1) is 6.56.